The molecule has 1 heteroatoms. The molecule has 0 bridgehead atoms. The molecule has 0 heterocycles. The van der Waals surface area contributed by atoms with Crippen LogP contribution < -0.4 is 5.73 Å². The molecule has 0 aliphatic heterocycles. The first-order chi connectivity index (χ1) is 7.29. The number of benzene rings is 1. The molecule has 0 saturated carbocycles. The standard InChI is InChI=1S/C14H17N/c1-11-5-7-13(8-6-11)14-4-2-3-12(9-14)10-15/h2-5,7-9,11H,6,10,15H2,1H3. The van der Waals surface area contributed by atoms with Crippen LogP contribution in [0.1, 0.15) is 24.5 Å². The first-order valence-electron chi connectivity index (χ1n) is 5.47. The second-order valence-corrected chi connectivity index (χ2v) is 4.14. The zero-order chi connectivity index (χ0) is 10.7. The number of hydrogen-bond donors (Lipinski definition) is 1. The summed E-state index contributed by atoms with van der Waals surface area (Å²) < 4.78 is 0. The summed E-state index contributed by atoms with van der Waals surface area (Å²) in [6.45, 7) is 2.85. The summed E-state index contributed by atoms with van der Waals surface area (Å²) in [7, 11) is 0. The molecule has 0 aromatic heterocycles. The van der Waals surface area contributed by atoms with E-state index < -0.39 is 0 Å². The summed E-state index contributed by atoms with van der Waals surface area (Å²) in [4.78, 5) is 0. The summed E-state index contributed by atoms with van der Waals surface area (Å²) in [5, 5.41) is 0. The first-order valence-corrected chi connectivity index (χ1v) is 5.47. The first kappa shape index (κ1) is 10.2. The van der Waals surface area contributed by atoms with E-state index in [2.05, 4.69) is 49.4 Å². The van der Waals surface area contributed by atoms with Gasteiger partial charge in [-0.1, -0.05) is 43.4 Å². The Kier molecular flexibility index (Phi) is 3.02. The van der Waals surface area contributed by atoms with Gasteiger partial charge in [-0.05, 0) is 35.1 Å². The Labute approximate surface area is 91.3 Å². The van der Waals surface area contributed by atoms with Crippen LogP contribution in [-0.2, 0) is 6.54 Å². The van der Waals surface area contributed by atoms with Crippen molar-refractivity contribution >= 4 is 5.57 Å². The van der Waals surface area contributed by atoms with Crippen LogP contribution in [0.25, 0.3) is 5.57 Å². The van der Waals surface area contributed by atoms with E-state index in [1.54, 1.807) is 0 Å². The second-order valence-electron chi connectivity index (χ2n) is 4.14. The van der Waals surface area contributed by atoms with E-state index in [1.807, 2.05) is 0 Å². The van der Waals surface area contributed by atoms with Crippen molar-refractivity contribution in [2.75, 3.05) is 0 Å². The zero-order valence-corrected chi connectivity index (χ0v) is 9.11. The fourth-order valence-electron chi connectivity index (χ4n) is 1.82. The van der Waals surface area contributed by atoms with E-state index >= 15 is 0 Å². The molecule has 1 atom stereocenters. The largest absolute Gasteiger partial charge is 0.326 e. The van der Waals surface area contributed by atoms with Crippen LogP contribution in [0.2, 0.25) is 0 Å². The molecule has 2 rings (SSSR count). The van der Waals surface area contributed by atoms with Crippen molar-refractivity contribution in [2.45, 2.75) is 19.9 Å². The monoisotopic (exact) mass is 199 g/mol. The lowest BCUT2D eigenvalue weighted by molar-refractivity contribution is 0.739. The van der Waals surface area contributed by atoms with Crippen LogP contribution in [0.3, 0.4) is 0 Å². The lowest BCUT2D eigenvalue weighted by Crippen LogP contribution is -1.98. The Balaban J connectivity index is 2.26. The van der Waals surface area contributed by atoms with Crippen LogP contribution in [0.15, 0.2) is 42.5 Å². The minimum Gasteiger partial charge on any atom is -0.326 e. The molecule has 0 amide bonds. The van der Waals surface area contributed by atoms with Crippen LogP contribution in [0.5, 0.6) is 0 Å². The molecule has 15 heavy (non-hydrogen) atoms. The fourth-order valence-corrected chi connectivity index (χ4v) is 1.82. The van der Waals surface area contributed by atoms with Crippen LogP contribution >= 0.6 is 0 Å². The van der Waals surface area contributed by atoms with Gasteiger partial charge in [-0.2, -0.15) is 0 Å². The molecule has 1 nitrogen and oxygen atoms in total. The van der Waals surface area contributed by atoms with E-state index in [1.165, 1.54) is 16.7 Å². The lowest BCUT2D eigenvalue weighted by Gasteiger charge is -2.12. The molecule has 78 valence electrons. The second kappa shape index (κ2) is 4.45. The van der Waals surface area contributed by atoms with Gasteiger partial charge < -0.3 is 5.73 Å². The highest BCUT2D eigenvalue weighted by Gasteiger charge is 2.05. The van der Waals surface area contributed by atoms with Crippen molar-refractivity contribution in [3.63, 3.8) is 0 Å². The number of nitrogens with two attached hydrogens (primary N) is 1. The van der Waals surface area contributed by atoms with Crippen molar-refractivity contribution in [2.24, 2.45) is 11.7 Å². The van der Waals surface area contributed by atoms with Crippen molar-refractivity contribution < 1.29 is 0 Å². The minimum absolute atomic E-state index is 0.612. The number of allylic oxidation sites excluding steroid dienone is 4. The van der Waals surface area contributed by atoms with E-state index in [0.717, 1.165) is 6.42 Å². The maximum atomic E-state index is 5.63. The molecular weight excluding hydrogens is 182 g/mol. The molecule has 1 aliphatic carbocycles. The Morgan fingerprint density at radius 1 is 1.40 bits per heavy atom. The lowest BCUT2D eigenvalue weighted by atomic mass is 9.93. The smallest absolute Gasteiger partial charge is 0.0178 e. The zero-order valence-electron chi connectivity index (χ0n) is 9.11. The highest BCUT2D eigenvalue weighted by atomic mass is 14.5. The molecule has 0 radical (unpaired) electrons. The molecule has 0 saturated heterocycles. The molecule has 0 spiro atoms. The third-order valence-corrected chi connectivity index (χ3v) is 2.81. The molecule has 0 fully saturated rings. The van der Waals surface area contributed by atoms with E-state index in [0.29, 0.717) is 12.5 Å². The molecule has 1 aromatic carbocycles. The predicted octanol–water partition coefficient (Wildman–Crippen LogP) is 3.12. The van der Waals surface area contributed by atoms with Gasteiger partial charge in [0.05, 0.1) is 0 Å². The highest BCUT2D eigenvalue weighted by Crippen LogP contribution is 2.24. The number of rotatable bonds is 2. The van der Waals surface area contributed by atoms with E-state index in [9.17, 15) is 0 Å². The third kappa shape index (κ3) is 2.37. The third-order valence-electron chi connectivity index (χ3n) is 2.81. The quantitative estimate of drug-likeness (QED) is 0.778. The Hall–Kier alpha value is -1.34. The van der Waals surface area contributed by atoms with Gasteiger partial charge in [0.15, 0.2) is 0 Å². The van der Waals surface area contributed by atoms with Gasteiger partial charge in [0.25, 0.3) is 0 Å². The van der Waals surface area contributed by atoms with Crippen LogP contribution in [0.4, 0.5) is 0 Å². The molecule has 1 unspecified atom stereocenters. The normalized spacial score (nSPS) is 20.1. The predicted molar refractivity (Wildman–Crippen MR) is 65.2 cm³/mol. The van der Waals surface area contributed by atoms with Gasteiger partial charge in [0.2, 0.25) is 0 Å². The maximum Gasteiger partial charge on any atom is 0.0178 e. The maximum absolute atomic E-state index is 5.63. The topological polar surface area (TPSA) is 26.0 Å². The highest BCUT2D eigenvalue weighted by molar-refractivity contribution is 5.75. The average molecular weight is 199 g/mol. The summed E-state index contributed by atoms with van der Waals surface area (Å²) in [6, 6.07) is 8.46. The van der Waals surface area contributed by atoms with Crippen molar-refractivity contribution in [1.29, 1.82) is 0 Å². The minimum atomic E-state index is 0.612. The Morgan fingerprint density at radius 2 is 2.27 bits per heavy atom. The van der Waals surface area contributed by atoms with Gasteiger partial charge >= 0.3 is 0 Å². The van der Waals surface area contributed by atoms with Crippen molar-refractivity contribution in [3.8, 4) is 0 Å². The van der Waals surface area contributed by atoms with Gasteiger partial charge in [-0.3, -0.25) is 0 Å². The van der Waals surface area contributed by atoms with Gasteiger partial charge in [-0.15, -0.1) is 0 Å². The van der Waals surface area contributed by atoms with Crippen molar-refractivity contribution in [1.82, 2.24) is 0 Å². The Morgan fingerprint density at radius 3 is 2.93 bits per heavy atom. The molecular formula is C14H17N. The summed E-state index contributed by atoms with van der Waals surface area (Å²) in [5.74, 6) is 0.673. The van der Waals surface area contributed by atoms with Crippen molar-refractivity contribution in [3.05, 3.63) is 53.6 Å². The molecule has 1 aromatic rings. The fraction of sp³-hybridized carbons (Fsp3) is 0.286. The SMILES string of the molecule is CC1C=CC(c2cccc(CN)c2)=CC1. The van der Waals surface area contributed by atoms with E-state index in [4.69, 9.17) is 5.73 Å². The average Bonchev–Trinajstić information content (AvgIpc) is 2.30. The summed E-state index contributed by atoms with van der Waals surface area (Å²) in [5.41, 5.74) is 9.43. The van der Waals surface area contributed by atoms with Gasteiger partial charge in [0.1, 0.15) is 0 Å². The molecule has 1 aliphatic rings. The van der Waals surface area contributed by atoms with Crippen LogP contribution in [0, 0.1) is 5.92 Å². The Bertz CT molecular complexity index is 402. The number of hydrogen-bond acceptors (Lipinski definition) is 1. The van der Waals surface area contributed by atoms with E-state index in [-0.39, 0.29) is 0 Å². The van der Waals surface area contributed by atoms with Gasteiger partial charge in [-0.25, -0.2) is 0 Å². The van der Waals surface area contributed by atoms with Gasteiger partial charge in [0, 0.05) is 6.54 Å². The molecule has 2 N–H and O–H groups in total. The summed E-state index contributed by atoms with van der Waals surface area (Å²) in [6.07, 6.45) is 7.92. The van der Waals surface area contributed by atoms with Crippen LogP contribution in [-0.4, -0.2) is 0 Å². The summed E-state index contributed by atoms with van der Waals surface area (Å²) >= 11 is 0.